The molecule has 6 heteroatoms. The molecule has 3 rings (SSSR count). The van der Waals surface area contributed by atoms with Crippen LogP contribution < -0.4 is 9.81 Å². The molecule has 0 aliphatic carbocycles. The van der Waals surface area contributed by atoms with Gasteiger partial charge in [0.2, 0.25) is 0 Å². The fourth-order valence-electron chi connectivity index (χ4n) is 2.54. The summed E-state index contributed by atoms with van der Waals surface area (Å²) in [6.07, 6.45) is 0. The van der Waals surface area contributed by atoms with E-state index < -0.39 is 15.7 Å². The molecule has 25 heavy (non-hydrogen) atoms. The molecular formula is C19H18O5S. The number of rotatable bonds is 4. The van der Waals surface area contributed by atoms with Gasteiger partial charge >= 0.3 is 15.7 Å². The Morgan fingerprint density at radius 3 is 2.48 bits per heavy atom. The molecule has 2 aromatic carbocycles. The van der Waals surface area contributed by atoms with Crippen molar-refractivity contribution >= 4 is 21.1 Å². The third kappa shape index (κ3) is 3.74. The second-order valence-corrected chi connectivity index (χ2v) is 7.77. The summed E-state index contributed by atoms with van der Waals surface area (Å²) in [4.78, 5) is 11.2. The Bertz CT molecular complexity index is 1090. The van der Waals surface area contributed by atoms with Gasteiger partial charge in [-0.05, 0) is 60.4 Å². The predicted octanol–water partition coefficient (Wildman–Crippen LogP) is 3.99. The van der Waals surface area contributed by atoms with Crippen LogP contribution in [0.5, 0.6) is 5.75 Å². The fourth-order valence-corrected chi connectivity index (χ4v) is 3.49. The van der Waals surface area contributed by atoms with Crippen molar-refractivity contribution in [2.45, 2.75) is 31.6 Å². The summed E-state index contributed by atoms with van der Waals surface area (Å²) in [5.41, 5.74) is 1.77. The molecule has 0 amide bonds. The van der Waals surface area contributed by atoms with Crippen molar-refractivity contribution < 1.29 is 17.0 Å². The molecule has 0 saturated heterocycles. The van der Waals surface area contributed by atoms with Gasteiger partial charge in [0.05, 0.1) is 0 Å². The van der Waals surface area contributed by atoms with Crippen LogP contribution in [0, 0.1) is 6.92 Å². The molecular weight excluding hydrogens is 340 g/mol. The van der Waals surface area contributed by atoms with Crippen LogP contribution in [0.25, 0.3) is 11.0 Å². The smallest absolute Gasteiger partial charge is 0.339 e. The van der Waals surface area contributed by atoms with Gasteiger partial charge in [-0.2, -0.15) is 8.42 Å². The Balaban J connectivity index is 1.99. The average Bonchev–Trinajstić information content (AvgIpc) is 2.53. The molecule has 0 aliphatic rings. The van der Waals surface area contributed by atoms with Crippen molar-refractivity contribution in [1.82, 2.24) is 0 Å². The highest BCUT2D eigenvalue weighted by Crippen LogP contribution is 2.26. The average molecular weight is 358 g/mol. The maximum atomic E-state index is 12.6. The van der Waals surface area contributed by atoms with Crippen LogP contribution in [0.1, 0.15) is 30.9 Å². The van der Waals surface area contributed by atoms with Crippen molar-refractivity contribution in [2.24, 2.45) is 0 Å². The molecule has 0 atom stereocenters. The maximum absolute atomic E-state index is 12.6. The van der Waals surface area contributed by atoms with Crippen LogP contribution in [0.2, 0.25) is 0 Å². The van der Waals surface area contributed by atoms with E-state index in [1.165, 1.54) is 30.3 Å². The summed E-state index contributed by atoms with van der Waals surface area (Å²) >= 11 is 0. The van der Waals surface area contributed by atoms with E-state index in [9.17, 15) is 13.2 Å². The molecule has 3 aromatic rings. The van der Waals surface area contributed by atoms with Gasteiger partial charge in [-0.15, -0.1) is 0 Å². The summed E-state index contributed by atoms with van der Waals surface area (Å²) in [6.45, 7) is 5.96. The van der Waals surface area contributed by atoms with Crippen LogP contribution in [-0.4, -0.2) is 8.42 Å². The molecule has 0 spiro atoms. The second kappa shape index (κ2) is 6.37. The molecule has 0 fully saturated rings. The quantitative estimate of drug-likeness (QED) is 0.521. The first-order valence-electron chi connectivity index (χ1n) is 7.84. The van der Waals surface area contributed by atoms with E-state index in [2.05, 4.69) is 0 Å². The summed E-state index contributed by atoms with van der Waals surface area (Å²) in [5, 5.41) is 0.511. The van der Waals surface area contributed by atoms with Crippen LogP contribution in [-0.2, 0) is 10.1 Å². The number of aryl methyl sites for hydroxylation is 1. The lowest BCUT2D eigenvalue weighted by Crippen LogP contribution is -2.10. The lowest BCUT2D eigenvalue weighted by molar-refractivity contribution is 0.485. The van der Waals surface area contributed by atoms with Crippen LogP contribution in [0.15, 0.2) is 62.6 Å². The highest BCUT2D eigenvalue weighted by atomic mass is 32.2. The van der Waals surface area contributed by atoms with Gasteiger partial charge in [-0.25, -0.2) is 4.79 Å². The highest BCUT2D eigenvalue weighted by Gasteiger charge is 2.18. The van der Waals surface area contributed by atoms with Crippen LogP contribution in [0.3, 0.4) is 0 Å². The molecule has 5 nitrogen and oxygen atoms in total. The van der Waals surface area contributed by atoms with Gasteiger partial charge in [0.15, 0.2) is 0 Å². The standard InChI is InChI=1S/C19H18O5S/c1-12(2)15-8-13(3)9-16(10-15)24-25(21,22)17-5-6-18-14(11-17)4-7-19(20)23-18/h4-12H,1-3H3. The third-order valence-electron chi connectivity index (χ3n) is 3.83. The number of fused-ring (bicyclic) bond motifs is 1. The van der Waals surface area contributed by atoms with E-state index >= 15 is 0 Å². The second-order valence-electron chi connectivity index (χ2n) is 6.23. The minimum Gasteiger partial charge on any atom is -0.423 e. The predicted molar refractivity (Wildman–Crippen MR) is 95.6 cm³/mol. The summed E-state index contributed by atoms with van der Waals surface area (Å²) in [5.74, 6) is 0.539. The van der Waals surface area contributed by atoms with Gasteiger partial charge in [-0.3, -0.25) is 0 Å². The SMILES string of the molecule is Cc1cc(OS(=O)(=O)c2ccc3oc(=O)ccc3c2)cc(C(C)C)c1. The van der Waals surface area contributed by atoms with E-state index in [0.29, 0.717) is 11.0 Å². The van der Waals surface area contributed by atoms with Gasteiger partial charge in [0, 0.05) is 11.5 Å². The van der Waals surface area contributed by atoms with E-state index in [1.54, 1.807) is 12.1 Å². The lowest BCUT2D eigenvalue weighted by atomic mass is 10.0. The van der Waals surface area contributed by atoms with Crippen molar-refractivity contribution in [3.63, 3.8) is 0 Å². The summed E-state index contributed by atoms with van der Waals surface area (Å²) in [6, 6.07) is 12.4. The fraction of sp³-hybridized carbons (Fsp3) is 0.211. The van der Waals surface area contributed by atoms with E-state index in [-0.39, 0.29) is 16.6 Å². The molecule has 0 aliphatic heterocycles. The molecule has 0 N–H and O–H groups in total. The molecule has 130 valence electrons. The Labute approximate surface area is 146 Å². The largest absolute Gasteiger partial charge is 0.423 e. The normalized spacial score (nSPS) is 11.8. The molecule has 0 saturated carbocycles. The Morgan fingerprint density at radius 1 is 1.00 bits per heavy atom. The van der Waals surface area contributed by atoms with Crippen LogP contribution in [0.4, 0.5) is 0 Å². The molecule has 1 heterocycles. The first-order valence-corrected chi connectivity index (χ1v) is 9.25. The first kappa shape index (κ1) is 17.2. The summed E-state index contributed by atoms with van der Waals surface area (Å²) < 4.78 is 35.5. The Kier molecular flexibility index (Phi) is 4.39. The summed E-state index contributed by atoms with van der Waals surface area (Å²) in [7, 11) is -3.99. The Hall–Kier alpha value is -2.60. The first-order chi connectivity index (χ1) is 11.7. The van der Waals surface area contributed by atoms with Gasteiger partial charge in [0.25, 0.3) is 0 Å². The monoisotopic (exact) mass is 358 g/mol. The highest BCUT2D eigenvalue weighted by molar-refractivity contribution is 7.87. The third-order valence-corrected chi connectivity index (χ3v) is 5.07. The van der Waals surface area contributed by atoms with E-state index in [4.69, 9.17) is 8.60 Å². The van der Waals surface area contributed by atoms with E-state index in [1.807, 2.05) is 26.8 Å². The number of hydrogen-bond acceptors (Lipinski definition) is 5. The zero-order valence-corrected chi connectivity index (χ0v) is 15.0. The van der Waals surface area contributed by atoms with E-state index in [0.717, 1.165) is 11.1 Å². The topological polar surface area (TPSA) is 73.6 Å². The Morgan fingerprint density at radius 2 is 1.76 bits per heavy atom. The van der Waals surface area contributed by atoms with Crippen molar-refractivity contribution in [1.29, 1.82) is 0 Å². The van der Waals surface area contributed by atoms with Gasteiger partial charge < -0.3 is 8.60 Å². The van der Waals surface area contributed by atoms with Gasteiger partial charge in [0.1, 0.15) is 16.2 Å². The molecule has 0 unspecified atom stereocenters. The van der Waals surface area contributed by atoms with Crippen molar-refractivity contribution in [2.75, 3.05) is 0 Å². The van der Waals surface area contributed by atoms with Crippen LogP contribution >= 0.6 is 0 Å². The minimum absolute atomic E-state index is 0.00134. The maximum Gasteiger partial charge on any atom is 0.339 e. The number of hydrogen-bond donors (Lipinski definition) is 0. The van der Waals surface area contributed by atoms with Crippen molar-refractivity contribution in [3.8, 4) is 5.75 Å². The molecule has 0 radical (unpaired) electrons. The van der Waals surface area contributed by atoms with Crippen molar-refractivity contribution in [3.05, 3.63) is 70.1 Å². The number of benzene rings is 2. The van der Waals surface area contributed by atoms with Gasteiger partial charge in [-0.1, -0.05) is 19.9 Å². The zero-order valence-electron chi connectivity index (χ0n) is 14.1. The molecule has 0 bridgehead atoms. The minimum atomic E-state index is -3.99. The zero-order chi connectivity index (χ0) is 18.2. The molecule has 1 aromatic heterocycles. The lowest BCUT2D eigenvalue weighted by Gasteiger charge is -2.12.